The number of hydrogen-bond donors (Lipinski definition) is 1. The molecular formula is C13H25NO2S. The molecule has 0 heterocycles. The minimum Gasteiger partial charge on any atom is -0.469 e. The minimum atomic E-state index is -0.0539. The van der Waals surface area contributed by atoms with Crippen LogP contribution >= 0.6 is 11.8 Å². The van der Waals surface area contributed by atoms with Crippen LogP contribution in [0.25, 0.3) is 0 Å². The molecule has 1 fully saturated rings. The summed E-state index contributed by atoms with van der Waals surface area (Å²) in [6.45, 7) is 5.40. The Balaban J connectivity index is 2.19. The highest BCUT2D eigenvalue weighted by atomic mass is 32.2. The van der Waals surface area contributed by atoms with Gasteiger partial charge in [-0.1, -0.05) is 13.8 Å². The van der Waals surface area contributed by atoms with Crippen molar-refractivity contribution >= 4 is 17.7 Å². The molecule has 0 aromatic rings. The van der Waals surface area contributed by atoms with Gasteiger partial charge in [-0.05, 0) is 37.0 Å². The van der Waals surface area contributed by atoms with Gasteiger partial charge in [-0.15, -0.1) is 0 Å². The van der Waals surface area contributed by atoms with Crippen LogP contribution in [0.1, 0.15) is 39.5 Å². The third-order valence-electron chi connectivity index (χ3n) is 3.42. The number of esters is 1. The molecule has 1 saturated carbocycles. The number of hydrogen-bond acceptors (Lipinski definition) is 4. The topological polar surface area (TPSA) is 38.3 Å². The Morgan fingerprint density at radius 3 is 2.65 bits per heavy atom. The molecule has 1 rings (SSSR count). The molecule has 1 atom stereocenters. The molecule has 0 spiro atoms. The Morgan fingerprint density at radius 1 is 1.47 bits per heavy atom. The first-order valence-corrected chi connectivity index (χ1v) is 7.69. The van der Waals surface area contributed by atoms with Crippen LogP contribution in [-0.4, -0.2) is 37.2 Å². The van der Waals surface area contributed by atoms with Crippen molar-refractivity contribution in [2.24, 2.45) is 5.41 Å². The number of ether oxygens (including phenoxy) is 1. The summed E-state index contributed by atoms with van der Waals surface area (Å²) in [7, 11) is 1.48. The molecule has 3 nitrogen and oxygen atoms in total. The van der Waals surface area contributed by atoms with Crippen molar-refractivity contribution < 1.29 is 9.53 Å². The average molecular weight is 259 g/mol. The van der Waals surface area contributed by atoms with Crippen molar-refractivity contribution in [1.82, 2.24) is 5.32 Å². The second kappa shape index (κ2) is 7.27. The van der Waals surface area contributed by atoms with E-state index in [1.165, 1.54) is 26.4 Å². The molecule has 1 aliphatic rings. The molecule has 1 N–H and O–H groups in total. The van der Waals surface area contributed by atoms with Gasteiger partial charge in [0.1, 0.15) is 0 Å². The van der Waals surface area contributed by atoms with Crippen molar-refractivity contribution in [2.45, 2.75) is 45.6 Å². The standard InChI is InChI=1S/C13H25NO2S/c1-4-11(14-5-2)9-17-10-13(6-7-13)8-12(15)16-3/h11,14H,4-10H2,1-3H3. The molecule has 0 aromatic heterocycles. The number of nitrogens with one attached hydrogen (secondary N) is 1. The number of rotatable bonds is 9. The summed E-state index contributed by atoms with van der Waals surface area (Å²) in [6, 6.07) is 0.610. The SMILES string of the molecule is CCNC(CC)CSCC1(CC(=O)OC)CC1. The van der Waals surface area contributed by atoms with Gasteiger partial charge in [0.05, 0.1) is 13.5 Å². The highest BCUT2D eigenvalue weighted by Gasteiger charge is 2.44. The number of carbonyl (C=O) groups is 1. The van der Waals surface area contributed by atoms with Crippen molar-refractivity contribution in [3.8, 4) is 0 Å². The van der Waals surface area contributed by atoms with E-state index in [4.69, 9.17) is 4.74 Å². The van der Waals surface area contributed by atoms with Crippen LogP contribution in [0, 0.1) is 5.41 Å². The summed E-state index contributed by atoms with van der Waals surface area (Å²) in [4.78, 5) is 11.3. The monoisotopic (exact) mass is 259 g/mol. The van der Waals surface area contributed by atoms with Gasteiger partial charge in [0, 0.05) is 11.8 Å². The van der Waals surface area contributed by atoms with E-state index in [9.17, 15) is 4.79 Å². The van der Waals surface area contributed by atoms with Crippen LogP contribution in [0.3, 0.4) is 0 Å². The number of thioether (sulfide) groups is 1. The summed E-state index contributed by atoms with van der Waals surface area (Å²) in [5, 5.41) is 3.48. The summed E-state index contributed by atoms with van der Waals surface area (Å²) in [6.07, 6.45) is 4.15. The Morgan fingerprint density at radius 2 is 2.18 bits per heavy atom. The zero-order valence-corrected chi connectivity index (χ0v) is 12.1. The first-order chi connectivity index (χ1) is 8.15. The molecule has 4 heteroatoms. The molecule has 17 heavy (non-hydrogen) atoms. The van der Waals surface area contributed by atoms with E-state index >= 15 is 0 Å². The fourth-order valence-electron chi connectivity index (χ4n) is 1.95. The van der Waals surface area contributed by atoms with Gasteiger partial charge in [0.25, 0.3) is 0 Å². The zero-order chi connectivity index (χ0) is 12.7. The lowest BCUT2D eigenvalue weighted by atomic mass is 10.1. The molecule has 0 bridgehead atoms. The lowest BCUT2D eigenvalue weighted by Crippen LogP contribution is -2.30. The molecule has 0 amide bonds. The Hall–Kier alpha value is -0.220. The van der Waals surface area contributed by atoms with Gasteiger partial charge < -0.3 is 10.1 Å². The maximum atomic E-state index is 11.3. The minimum absolute atomic E-state index is 0.0539. The van der Waals surface area contributed by atoms with Crippen molar-refractivity contribution in [3.05, 3.63) is 0 Å². The lowest BCUT2D eigenvalue weighted by Gasteiger charge is -2.18. The lowest BCUT2D eigenvalue weighted by molar-refractivity contribution is -0.141. The fourth-order valence-corrected chi connectivity index (χ4v) is 3.53. The van der Waals surface area contributed by atoms with Crippen molar-refractivity contribution in [1.29, 1.82) is 0 Å². The summed E-state index contributed by atoms with van der Waals surface area (Å²) >= 11 is 1.98. The van der Waals surface area contributed by atoms with Gasteiger partial charge in [0.15, 0.2) is 0 Å². The zero-order valence-electron chi connectivity index (χ0n) is 11.3. The predicted molar refractivity (Wildman–Crippen MR) is 73.4 cm³/mol. The van der Waals surface area contributed by atoms with E-state index < -0.39 is 0 Å². The third kappa shape index (κ3) is 5.30. The Labute approximate surface area is 109 Å². The summed E-state index contributed by atoms with van der Waals surface area (Å²) < 4.78 is 4.75. The molecule has 1 unspecified atom stereocenters. The van der Waals surface area contributed by atoms with Gasteiger partial charge in [-0.3, -0.25) is 4.79 Å². The van der Waals surface area contributed by atoms with E-state index in [1.807, 2.05) is 11.8 Å². The van der Waals surface area contributed by atoms with Gasteiger partial charge in [-0.25, -0.2) is 0 Å². The first kappa shape index (κ1) is 14.8. The molecule has 100 valence electrons. The average Bonchev–Trinajstić information content (AvgIpc) is 3.08. The predicted octanol–water partition coefficient (Wildman–Crippen LogP) is 2.45. The van der Waals surface area contributed by atoms with E-state index in [1.54, 1.807) is 0 Å². The van der Waals surface area contributed by atoms with Crippen LogP contribution in [0.5, 0.6) is 0 Å². The molecule has 0 aliphatic heterocycles. The van der Waals surface area contributed by atoms with Gasteiger partial charge in [-0.2, -0.15) is 11.8 Å². The number of carbonyl (C=O) groups excluding carboxylic acids is 1. The fraction of sp³-hybridized carbons (Fsp3) is 0.923. The van der Waals surface area contributed by atoms with Crippen LogP contribution < -0.4 is 5.32 Å². The summed E-state index contributed by atoms with van der Waals surface area (Å²) in [5.74, 6) is 2.19. The van der Waals surface area contributed by atoms with Crippen LogP contribution in [-0.2, 0) is 9.53 Å². The van der Waals surface area contributed by atoms with E-state index in [2.05, 4.69) is 19.2 Å². The van der Waals surface area contributed by atoms with Crippen LogP contribution in [0.15, 0.2) is 0 Å². The van der Waals surface area contributed by atoms with Gasteiger partial charge in [0.2, 0.25) is 0 Å². The molecular weight excluding hydrogens is 234 g/mol. The third-order valence-corrected chi connectivity index (χ3v) is 4.87. The molecule has 0 aromatic carbocycles. The normalized spacial score (nSPS) is 18.8. The smallest absolute Gasteiger partial charge is 0.306 e. The molecule has 0 saturated heterocycles. The van der Waals surface area contributed by atoms with Crippen molar-refractivity contribution in [2.75, 3.05) is 25.2 Å². The van der Waals surface area contributed by atoms with Crippen LogP contribution in [0.4, 0.5) is 0 Å². The van der Waals surface area contributed by atoms with Gasteiger partial charge >= 0.3 is 5.97 Å². The largest absolute Gasteiger partial charge is 0.469 e. The highest BCUT2D eigenvalue weighted by Crippen LogP contribution is 2.51. The maximum absolute atomic E-state index is 11.3. The maximum Gasteiger partial charge on any atom is 0.306 e. The van der Waals surface area contributed by atoms with Crippen LogP contribution in [0.2, 0.25) is 0 Å². The highest BCUT2D eigenvalue weighted by molar-refractivity contribution is 7.99. The molecule has 1 aliphatic carbocycles. The second-order valence-electron chi connectivity index (χ2n) is 4.93. The second-order valence-corrected chi connectivity index (χ2v) is 5.96. The van der Waals surface area contributed by atoms with Crippen molar-refractivity contribution in [3.63, 3.8) is 0 Å². The number of methoxy groups -OCH3 is 1. The summed E-state index contributed by atoms with van der Waals surface area (Å²) in [5.41, 5.74) is 0.266. The molecule has 0 radical (unpaired) electrons. The Bertz CT molecular complexity index is 242. The van der Waals surface area contributed by atoms with E-state index in [0.29, 0.717) is 12.5 Å². The van der Waals surface area contributed by atoms with E-state index in [0.717, 1.165) is 18.1 Å². The first-order valence-electron chi connectivity index (χ1n) is 6.53. The Kier molecular flexibility index (Phi) is 6.34. The quantitative estimate of drug-likeness (QED) is 0.646. The van der Waals surface area contributed by atoms with E-state index in [-0.39, 0.29) is 11.4 Å².